The van der Waals surface area contributed by atoms with E-state index in [1.54, 1.807) is 0 Å². The second kappa shape index (κ2) is 6.09. The number of carboxylic acids is 1. The van der Waals surface area contributed by atoms with Crippen LogP contribution in [0.5, 0.6) is 0 Å². The highest BCUT2D eigenvalue weighted by Gasteiger charge is 2.29. The van der Waals surface area contributed by atoms with Gasteiger partial charge in [-0.1, -0.05) is 0 Å². The van der Waals surface area contributed by atoms with E-state index in [1.165, 1.54) is 0 Å². The molecule has 1 heterocycles. The van der Waals surface area contributed by atoms with Crippen LogP contribution in [0.4, 0.5) is 14.9 Å². The second-order valence-corrected chi connectivity index (χ2v) is 5.25. The van der Waals surface area contributed by atoms with Gasteiger partial charge in [0.15, 0.2) is 0 Å². The first-order valence-electron chi connectivity index (χ1n) is 6.59. The van der Waals surface area contributed by atoms with Crippen LogP contribution < -0.4 is 10.6 Å². The molecule has 1 aromatic carbocycles. The largest absolute Gasteiger partial charge is 0.478 e. The smallest absolute Gasteiger partial charge is 0.335 e. The fourth-order valence-electron chi connectivity index (χ4n) is 2.13. The van der Waals surface area contributed by atoms with Gasteiger partial charge in [-0.3, -0.25) is 0 Å². The van der Waals surface area contributed by atoms with Crippen molar-refractivity contribution in [2.75, 3.05) is 18.5 Å². The van der Waals surface area contributed by atoms with Gasteiger partial charge in [0.1, 0.15) is 5.82 Å². The highest BCUT2D eigenvalue weighted by molar-refractivity contribution is 5.93. The number of amides is 2. The monoisotopic (exact) mass is 296 g/mol. The first-order chi connectivity index (χ1) is 9.89. The Labute approximate surface area is 121 Å². The summed E-state index contributed by atoms with van der Waals surface area (Å²) >= 11 is 0. The van der Waals surface area contributed by atoms with Gasteiger partial charge in [0.05, 0.1) is 11.3 Å². The van der Waals surface area contributed by atoms with E-state index in [9.17, 15) is 14.0 Å². The lowest BCUT2D eigenvalue weighted by molar-refractivity contribution is 0.0499. The summed E-state index contributed by atoms with van der Waals surface area (Å²) < 4.78 is 18.8. The van der Waals surface area contributed by atoms with Gasteiger partial charge in [-0.05, 0) is 38.0 Å². The molecule has 1 fully saturated rings. The van der Waals surface area contributed by atoms with E-state index in [2.05, 4.69) is 10.6 Å². The number of halogens is 1. The number of rotatable bonds is 3. The molecule has 0 atom stereocenters. The highest BCUT2D eigenvalue weighted by atomic mass is 19.1. The van der Waals surface area contributed by atoms with Crippen LogP contribution in [0.25, 0.3) is 0 Å². The Morgan fingerprint density at radius 2 is 2.00 bits per heavy atom. The van der Waals surface area contributed by atoms with Gasteiger partial charge >= 0.3 is 12.0 Å². The van der Waals surface area contributed by atoms with Crippen LogP contribution in [0.3, 0.4) is 0 Å². The first kappa shape index (κ1) is 15.2. The van der Waals surface area contributed by atoms with Gasteiger partial charge in [0, 0.05) is 18.8 Å². The zero-order valence-corrected chi connectivity index (χ0v) is 11.6. The number of ether oxygens (including phenoxy) is 1. The van der Waals surface area contributed by atoms with Crippen molar-refractivity contribution in [3.05, 3.63) is 29.6 Å². The molecular formula is C14H17FN2O4. The Hall–Kier alpha value is -2.15. The summed E-state index contributed by atoms with van der Waals surface area (Å²) in [6.07, 6.45) is 1.33. The number of hydrogen-bond acceptors (Lipinski definition) is 3. The number of aromatic carboxylic acids is 1. The topological polar surface area (TPSA) is 87.7 Å². The number of carboxylic acid groups (broad SMARTS) is 1. The van der Waals surface area contributed by atoms with Crippen molar-refractivity contribution >= 4 is 17.7 Å². The molecule has 1 aliphatic heterocycles. The molecule has 1 aliphatic rings. The average molecular weight is 296 g/mol. The van der Waals surface area contributed by atoms with Crippen LogP contribution >= 0.6 is 0 Å². The predicted molar refractivity (Wildman–Crippen MR) is 74.0 cm³/mol. The molecule has 0 aromatic heterocycles. The molecule has 0 bridgehead atoms. The zero-order chi connectivity index (χ0) is 15.5. The molecule has 0 aliphatic carbocycles. The van der Waals surface area contributed by atoms with Crippen molar-refractivity contribution < 1.29 is 23.8 Å². The minimum Gasteiger partial charge on any atom is -0.478 e. The first-order valence-corrected chi connectivity index (χ1v) is 6.59. The average Bonchev–Trinajstić information content (AvgIpc) is 2.41. The maximum atomic E-state index is 13.6. The third-order valence-electron chi connectivity index (χ3n) is 3.47. The number of hydrogen-bond donors (Lipinski definition) is 3. The number of urea groups is 1. The maximum absolute atomic E-state index is 13.6. The molecule has 2 amide bonds. The number of benzene rings is 1. The molecule has 21 heavy (non-hydrogen) atoms. The van der Waals surface area contributed by atoms with Crippen LogP contribution in [0, 0.1) is 5.82 Å². The molecule has 0 saturated carbocycles. The maximum Gasteiger partial charge on any atom is 0.335 e. The van der Waals surface area contributed by atoms with Crippen LogP contribution in [-0.2, 0) is 4.74 Å². The normalized spacial score (nSPS) is 17.0. The summed E-state index contributed by atoms with van der Waals surface area (Å²) in [6, 6.07) is 2.67. The molecular weight excluding hydrogens is 279 g/mol. The number of carbonyl (C=O) groups excluding carboxylic acids is 1. The number of carbonyl (C=O) groups is 2. The summed E-state index contributed by atoms with van der Waals surface area (Å²) in [4.78, 5) is 22.8. The van der Waals surface area contributed by atoms with Gasteiger partial charge in [-0.2, -0.15) is 0 Å². The Morgan fingerprint density at radius 1 is 1.33 bits per heavy atom. The Bertz CT molecular complexity index is 556. The summed E-state index contributed by atoms with van der Waals surface area (Å²) in [5.74, 6) is -1.87. The van der Waals surface area contributed by atoms with Crippen molar-refractivity contribution in [3.63, 3.8) is 0 Å². The quantitative estimate of drug-likeness (QED) is 0.798. The van der Waals surface area contributed by atoms with E-state index >= 15 is 0 Å². The molecule has 3 N–H and O–H groups in total. The van der Waals surface area contributed by atoms with Gasteiger partial charge in [0.2, 0.25) is 0 Å². The lowest BCUT2D eigenvalue weighted by Gasteiger charge is -2.34. The van der Waals surface area contributed by atoms with E-state index in [-0.39, 0.29) is 11.3 Å². The fraction of sp³-hybridized carbons (Fsp3) is 0.429. The molecule has 1 aromatic rings. The van der Waals surface area contributed by atoms with Crippen LogP contribution in [0.15, 0.2) is 18.2 Å². The predicted octanol–water partition coefficient (Wildman–Crippen LogP) is 2.21. The van der Waals surface area contributed by atoms with E-state index in [0.29, 0.717) is 26.1 Å². The van der Waals surface area contributed by atoms with Gasteiger partial charge < -0.3 is 20.5 Å². The van der Waals surface area contributed by atoms with Crippen LogP contribution in [0.2, 0.25) is 0 Å². The van der Waals surface area contributed by atoms with E-state index in [4.69, 9.17) is 9.84 Å². The van der Waals surface area contributed by atoms with E-state index < -0.39 is 23.4 Å². The summed E-state index contributed by atoms with van der Waals surface area (Å²) in [5, 5.41) is 14.0. The molecule has 0 unspecified atom stereocenters. The Balaban J connectivity index is 2.05. The Morgan fingerprint density at radius 3 is 2.62 bits per heavy atom. The standard InChI is InChI=1S/C14H17FN2O4/c1-14(4-6-21-7-5-14)17-13(20)16-11-8-9(12(18)19)2-3-10(11)15/h2-3,8H,4-7H2,1H3,(H,18,19)(H2,16,17,20). The molecule has 7 heteroatoms. The highest BCUT2D eigenvalue weighted by Crippen LogP contribution is 2.21. The number of nitrogens with one attached hydrogen (secondary N) is 2. The van der Waals surface area contributed by atoms with E-state index in [0.717, 1.165) is 18.2 Å². The van der Waals surface area contributed by atoms with Crippen molar-refractivity contribution in [1.29, 1.82) is 0 Å². The molecule has 0 radical (unpaired) electrons. The van der Waals surface area contributed by atoms with Crippen LogP contribution in [0.1, 0.15) is 30.1 Å². The van der Waals surface area contributed by atoms with Gasteiger partial charge in [-0.15, -0.1) is 0 Å². The third-order valence-corrected chi connectivity index (χ3v) is 3.47. The molecule has 2 rings (SSSR count). The lowest BCUT2D eigenvalue weighted by Crippen LogP contribution is -2.51. The minimum absolute atomic E-state index is 0.0935. The zero-order valence-electron chi connectivity index (χ0n) is 11.6. The van der Waals surface area contributed by atoms with Crippen molar-refractivity contribution in [2.45, 2.75) is 25.3 Å². The third kappa shape index (κ3) is 3.91. The fourth-order valence-corrected chi connectivity index (χ4v) is 2.13. The lowest BCUT2D eigenvalue weighted by atomic mass is 9.93. The van der Waals surface area contributed by atoms with Crippen molar-refractivity contribution in [2.24, 2.45) is 0 Å². The van der Waals surface area contributed by atoms with Gasteiger partial charge in [0.25, 0.3) is 0 Å². The second-order valence-electron chi connectivity index (χ2n) is 5.25. The Kier molecular flexibility index (Phi) is 4.42. The molecule has 114 valence electrons. The van der Waals surface area contributed by atoms with Crippen LogP contribution in [-0.4, -0.2) is 35.9 Å². The summed E-state index contributed by atoms with van der Waals surface area (Å²) in [5.41, 5.74) is -0.671. The SMILES string of the molecule is CC1(NC(=O)Nc2cc(C(=O)O)ccc2F)CCOCC1. The van der Waals surface area contributed by atoms with Crippen molar-refractivity contribution in [3.8, 4) is 0 Å². The molecule has 0 spiro atoms. The minimum atomic E-state index is -1.19. The molecule has 1 saturated heterocycles. The molecule has 6 nitrogen and oxygen atoms in total. The van der Waals surface area contributed by atoms with Crippen molar-refractivity contribution in [1.82, 2.24) is 5.32 Å². The summed E-state index contributed by atoms with van der Waals surface area (Å²) in [6.45, 7) is 3.00. The summed E-state index contributed by atoms with van der Waals surface area (Å²) in [7, 11) is 0. The number of anilines is 1. The van der Waals surface area contributed by atoms with Gasteiger partial charge in [-0.25, -0.2) is 14.0 Å². The van der Waals surface area contributed by atoms with E-state index in [1.807, 2.05) is 6.92 Å².